The third-order valence-electron chi connectivity index (χ3n) is 3.16. The Bertz CT molecular complexity index is 588. The number of ether oxygens (including phenoxy) is 2. The van der Waals surface area contributed by atoms with Crippen LogP contribution in [0.5, 0.6) is 0 Å². The van der Waals surface area contributed by atoms with Gasteiger partial charge in [-0.15, -0.1) is 0 Å². The second kappa shape index (κ2) is 6.57. The van der Waals surface area contributed by atoms with Gasteiger partial charge in [0, 0.05) is 24.2 Å². The molecule has 0 saturated heterocycles. The number of carbonyl (C=O) groups is 1. The second-order valence-corrected chi connectivity index (χ2v) is 4.77. The van der Waals surface area contributed by atoms with Crippen LogP contribution in [0, 0.1) is 6.92 Å². The molecule has 0 aliphatic carbocycles. The first-order valence-electron chi connectivity index (χ1n) is 7.00. The molecule has 0 amide bonds. The Labute approximate surface area is 119 Å². The summed E-state index contributed by atoms with van der Waals surface area (Å²) in [6.45, 7) is 6.58. The van der Waals surface area contributed by atoms with E-state index >= 15 is 0 Å². The van der Waals surface area contributed by atoms with Crippen LogP contribution >= 0.6 is 0 Å². The number of nitrogens with one attached hydrogen (secondary N) is 1. The highest BCUT2D eigenvalue weighted by Gasteiger charge is 2.20. The smallest absolute Gasteiger partial charge is 0.335 e. The topological polar surface area (TPSA) is 51.3 Å². The first-order valence-corrected chi connectivity index (χ1v) is 7.00. The van der Waals surface area contributed by atoms with E-state index in [1.807, 2.05) is 26.0 Å². The Kier molecular flexibility index (Phi) is 4.79. The molecule has 20 heavy (non-hydrogen) atoms. The molecule has 108 valence electrons. The Morgan fingerprint density at radius 3 is 2.75 bits per heavy atom. The molecule has 0 saturated carbocycles. The number of H-pyrrole nitrogens is 1. The lowest BCUT2D eigenvalue weighted by atomic mass is 10.1. The molecular weight excluding hydrogens is 254 g/mol. The van der Waals surface area contributed by atoms with Crippen molar-refractivity contribution in [3.63, 3.8) is 0 Å². The maximum Gasteiger partial charge on any atom is 0.335 e. The van der Waals surface area contributed by atoms with Gasteiger partial charge >= 0.3 is 5.97 Å². The Morgan fingerprint density at radius 2 is 2.05 bits per heavy atom. The number of esters is 1. The first-order chi connectivity index (χ1) is 9.63. The lowest BCUT2D eigenvalue weighted by Crippen LogP contribution is -2.28. The molecule has 0 aliphatic rings. The van der Waals surface area contributed by atoms with Gasteiger partial charge < -0.3 is 14.5 Å². The van der Waals surface area contributed by atoms with Gasteiger partial charge in [0.1, 0.15) is 0 Å². The number of aromatic nitrogens is 1. The Hall–Kier alpha value is -1.81. The predicted octanol–water partition coefficient (Wildman–Crippen LogP) is 2.99. The summed E-state index contributed by atoms with van der Waals surface area (Å²) in [5.74, 6) is -0.292. The SMILES string of the molecule is CCOC(=O)[C@H](Cc1ccc2[nH]c(C)cc2c1)OCC. The molecule has 0 spiro atoms. The quantitative estimate of drug-likeness (QED) is 0.825. The molecule has 0 bridgehead atoms. The molecule has 2 aromatic rings. The molecule has 0 aliphatic heterocycles. The Balaban J connectivity index is 2.16. The van der Waals surface area contributed by atoms with Crippen LogP contribution in [0.1, 0.15) is 25.1 Å². The van der Waals surface area contributed by atoms with Gasteiger partial charge in [0.25, 0.3) is 0 Å². The third-order valence-corrected chi connectivity index (χ3v) is 3.16. The lowest BCUT2D eigenvalue weighted by Gasteiger charge is -2.15. The first kappa shape index (κ1) is 14.6. The van der Waals surface area contributed by atoms with Crippen LogP contribution in [0.15, 0.2) is 24.3 Å². The fourth-order valence-corrected chi connectivity index (χ4v) is 2.31. The summed E-state index contributed by atoms with van der Waals surface area (Å²) in [5, 5.41) is 1.15. The molecule has 1 atom stereocenters. The zero-order valence-corrected chi connectivity index (χ0v) is 12.2. The summed E-state index contributed by atoms with van der Waals surface area (Å²) < 4.78 is 10.5. The number of hydrogen-bond donors (Lipinski definition) is 1. The number of hydrogen-bond acceptors (Lipinski definition) is 3. The maximum atomic E-state index is 11.9. The zero-order chi connectivity index (χ0) is 14.5. The molecule has 2 rings (SSSR count). The van der Waals surface area contributed by atoms with Crippen molar-refractivity contribution in [3.05, 3.63) is 35.5 Å². The van der Waals surface area contributed by atoms with Crippen molar-refractivity contribution >= 4 is 16.9 Å². The number of aromatic amines is 1. The van der Waals surface area contributed by atoms with Gasteiger partial charge in [-0.25, -0.2) is 4.79 Å². The molecule has 1 aromatic carbocycles. The minimum Gasteiger partial charge on any atom is -0.464 e. The van der Waals surface area contributed by atoms with Crippen LogP contribution in [-0.4, -0.2) is 30.3 Å². The Morgan fingerprint density at radius 1 is 1.25 bits per heavy atom. The van der Waals surface area contributed by atoms with Crippen molar-refractivity contribution in [2.75, 3.05) is 13.2 Å². The van der Waals surface area contributed by atoms with Crippen molar-refractivity contribution in [3.8, 4) is 0 Å². The van der Waals surface area contributed by atoms with Gasteiger partial charge in [-0.2, -0.15) is 0 Å². The van der Waals surface area contributed by atoms with Crippen LogP contribution in [0.2, 0.25) is 0 Å². The van der Waals surface area contributed by atoms with Crippen LogP contribution in [-0.2, 0) is 20.7 Å². The maximum absolute atomic E-state index is 11.9. The van der Waals surface area contributed by atoms with E-state index in [0.29, 0.717) is 19.6 Å². The molecule has 1 aromatic heterocycles. The molecule has 0 radical (unpaired) electrons. The van der Waals surface area contributed by atoms with E-state index in [9.17, 15) is 4.79 Å². The number of fused-ring (bicyclic) bond motifs is 1. The minimum absolute atomic E-state index is 0.292. The monoisotopic (exact) mass is 275 g/mol. The largest absolute Gasteiger partial charge is 0.464 e. The average molecular weight is 275 g/mol. The van der Waals surface area contributed by atoms with E-state index in [1.165, 1.54) is 0 Å². The summed E-state index contributed by atoms with van der Waals surface area (Å²) >= 11 is 0. The van der Waals surface area contributed by atoms with E-state index in [-0.39, 0.29) is 5.97 Å². The zero-order valence-electron chi connectivity index (χ0n) is 12.2. The van der Waals surface area contributed by atoms with Gasteiger partial charge in [0.05, 0.1) is 6.61 Å². The number of benzene rings is 1. The van der Waals surface area contributed by atoms with Crippen LogP contribution in [0.4, 0.5) is 0 Å². The highest BCUT2D eigenvalue weighted by Crippen LogP contribution is 2.18. The van der Waals surface area contributed by atoms with Gasteiger partial charge in [-0.1, -0.05) is 6.07 Å². The number of carbonyl (C=O) groups excluding carboxylic acids is 1. The fourth-order valence-electron chi connectivity index (χ4n) is 2.31. The summed E-state index contributed by atoms with van der Waals surface area (Å²) in [6.07, 6.45) is 0.00442. The average Bonchev–Trinajstić information content (AvgIpc) is 2.78. The van der Waals surface area contributed by atoms with E-state index < -0.39 is 6.10 Å². The van der Waals surface area contributed by atoms with Crippen LogP contribution in [0.25, 0.3) is 10.9 Å². The summed E-state index contributed by atoms with van der Waals surface area (Å²) in [6, 6.07) is 8.23. The van der Waals surface area contributed by atoms with Gasteiger partial charge in [-0.3, -0.25) is 0 Å². The predicted molar refractivity (Wildman–Crippen MR) is 78.8 cm³/mol. The van der Waals surface area contributed by atoms with Crippen LogP contribution < -0.4 is 0 Å². The minimum atomic E-state index is -0.530. The van der Waals surface area contributed by atoms with Crippen molar-refractivity contribution < 1.29 is 14.3 Å². The van der Waals surface area contributed by atoms with Crippen molar-refractivity contribution in [1.29, 1.82) is 0 Å². The van der Waals surface area contributed by atoms with Crippen LogP contribution in [0.3, 0.4) is 0 Å². The lowest BCUT2D eigenvalue weighted by molar-refractivity contribution is -0.156. The molecular formula is C16H21NO3. The van der Waals surface area contributed by atoms with Crippen molar-refractivity contribution in [2.24, 2.45) is 0 Å². The molecule has 0 fully saturated rings. The number of rotatable bonds is 6. The summed E-state index contributed by atoms with van der Waals surface area (Å²) in [5.41, 5.74) is 3.31. The van der Waals surface area contributed by atoms with E-state index in [0.717, 1.165) is 22.2 Å². The van der Waals surface area contributed by atoms with Gasteiger partial charge in [-0.05, 0) is 49.9 Å². The molecule has 4 nitrogen and oxygen atoms in total. The third kappa shape index (κ3) is 3.39. The standard InChI is InChI=1S/C16H21NO3/c1-4-19-15(16(18)20-5-2)10-12-6-7-14-13(9-12)8-11(3)17-14/h6-9,15,17H,4-5,10H2,1-3H3/t15-/m0/s1. The van der Waals surface area contributed by atoms with Gasteiger partial charge in [0.15, 0.2) is 6.10 Å². The highest BCUT2D eigenvalue weighted by atomic mass is 16.6. The van der Waals surface area contributed by atoms with E-state index in [4.69, 9.17) is 9.47 Å². The summed E-state index contributed by atoms with van der Waals surface area (Å²) in [4.78, 5) is 15.1. The second-order valence-electron chi connectivity index (χ2n) is 4.77. The van der Waals surface area contributed by atoms with E-state index in [1.54, 1.807) is 6.92 Å². The van der Waals surface area contributed by atoms with Crippen molar-refractivity contribution in [2.45, 2.75) is 33.3 Å². The molecule has 1 heterocycles. The number of aryl methyl sites for hydroxylation is 1. The summed E-state index contributed by atoms with van der Waals surface area (Å²) in [7, 11) is 0. The van der Waals surface area contributed by atoms with E-state index in [2.05, 4.69) is 17.1 Å². The molecule has 1 N–H and O–H groups in total. The fraction of sp³-hybridized carbons (Fsp3) is 0.438. The highest BCUT2D eigenvalue weighted by molar-refractivity contribution is 5.81. The molecule has 0 unspecified atom stereocenters. The normalized spacial score (nSPS) is 12.6. The van der Waals surface area contributed by atoms with Gasteiger partial charge in [0.2, 0.25) is 0 Å². The molecule has 4 heteroatoms. The van der Waals surface area contributed by atoms with Crippen molar-refractivity contribution in [1.82, 2.24) is 4.98 Å².